The second kappa shape index (κ2) is 10.1. The molecule has 0 fully saturated rings. The van der Waals surface area contributed by atoms with Gasteiger partial charge in [-0.1, -0.05) is 6.92 Å². The van der Waals surface area contributed by atoms with Crippen LogP contribution in [0.25, 0.3) is 0 Å². The molecule has 2 amide bonds. The molecule has 100 valence electrons. The van der Waals surface area contributed by atoms with E-state index in [0.29, 0.717) is 25.9 Å². The number of hydrogen-bond donors (Lipinski definition) is 3. The highest BCUT2D eigenvalue weighted by atomic mass is 16.2. The van der Waals surface area contributed by atoms with Crippen LogP contribution in [-0.4, -0.2) is 30.9 Å². The van der Waals surface area contributed by atoms with Crippen LogP contribution in [0.1, 0.15) is 46.0 Å². The van der Waals surface area contributed by atoms with Crippen LogP contribution in [0.4, 0.5) is 0 Å². The third-order valence-corrected chi connectivity index (χ3v) is 2.31. The van der Waals surface area contributed by atoms with E-state index in [1.807, 2.05) is 13.8 Å². The van der Waals surface area contributed by atoms with E-state index in [4.69, 9.17) is 5.73 Å². The number of rotatable bonds is 9. The Morgan fingerprint density at radius 2 is 1.71 bits per heavy atom. The highest BCUT2D eigenvalue weighted by molar-refractivity contribution is 5.78. The summed E-state index contributed by atoms with van der Waals surface area (Å²) < 4.78 is 0. The molecule has 0 aromatic rings. The number of nitrogens with two attached hydrogens (primary N) is 1. The van der Waals surface area contributed by atoms with Crippen molar-refractivity contribution < 1.29 is 9.59 Å². The van der Waals surface area contributed by atoms with Crippen LogP contribution in [0.15, 0.2) is 0 Å². The molecule has 5 heteroatoms. The maximum Gasteiger partial charge on any atom is 0.221 e. The molecular weight excluding hydrogens is 218 g/mol. The zero-order valence-electron chi connectivity index (χ0n) is 10.9. The van der Waals surface area contributed by atoms with Crippen molar-refractivity contribution in [3.63, 3.8) is 0 Å². The van der Waals surface area contributed by atoms with Crippen LogP contribution in [0.3, 0.4) is 0 Å². The molecule has 0 heterocycles. The second-order valence-electron chi connectivity index (χ2n) is 4.32. The van der Waals surface area contributed by atoms with E-state index in [0.717, 1.165) is 19.3 Å². The van der Waals surface area contributed by atoms with Crippen molar-refractivity contribution in [2.24, 2.45) is 5.73 Å². The summed E-state index contributed by atoms with van der Waals surface area (Å²) in [4.78, 5) is 22.5. The first-order valence-corrected chi connectivity index (χ1v) is 6.35. The quantitative estimate of drug-likeness (QED) is 0.552. The van der Waals surface area contributed by atoms with E-state index >= 15 is 0 Å². The number of nitrogens with one attached hydrogen (secondary N) is 2. The third-order valence-electron chi connectivity index (χ3n) is 2.31. The summed E-state index contributed by atoms with van der Waals surface area (Å²) in [5.74, 6) is -0.0170. The molecule has 0 aromatic heterocycles. The van der Waals surface area contributed by atoms with Crippen LogP contribution in [0.5, 0.6) is 0 Å². The minimum Gasteiger partial charge on any atom is -0.356 e. The van der Waals surface area contributed by atoms with Crippen molar-refractivity contribution in [2.75, 3.05) is 13.1 Å². The topological polar surface area (TPSA) is 84.2 Å². The van der Waals surface area contributed by atoms with E-state index in [1.165, 1.54) is 0 Å². The fraction of sp³-hybridized carbons (Fsp3) is 0.833. The molecule has 17 heavy (non-hydrogen) atoms. The van der Waals surface area contributed by atoms with Gasteiger partial charge in [-0.2, -0.15) is 0 Å². The zero-order chi connectivity index (χ0) is 13.1. The molecule has 0 saturated heterocycles. The fourth-order valence-corrected chi connectivity index (χ4v) is 1.34. The number of carbonyl (C=O) groups is 2. The first-order chi connectivity index (χ1) is 8.06. The molecule has 0 aliphatic heterocycles. The number of hydrogen-bond acceptors (Lipinski definition) is 3. The predicted molar refractivity (Wildman–Crippen MR) is 68.4 cm³/mol. The van der Waals surface area contributed by atoms with Gasteiger partial charge in [-0.05, 0) is 26.2 Å². The molecule has 0 aliphatic carbocycles. The summed E-state index contributed by atoms with van der Waals surface area (Å²) in [6.45, 7) is 5.03. The van der Waals surface area contributed by atoms with E-state index < -0.39 is 0 Å². The van der Waals surface area contributed by atoms with E-state index in [2.05, 4.69) is 10.6 Å². The molecule has 0 radical (unpaired) electrons. The van der Waals surface area contributed by atoms with Gasteiger partial charge < -0.3 is 16.4 Å². The summed E-state index contributed by atoms with van der Waals surface area (Å²) >= 11 is 0. The van der Waals surface area contributed by atoms with Crippen molar-refractivity contribution in [1.29, 1.82) is 0 Å². The molecule has 1 atom stereocenters. The smallest absolute Gasteiger partial charge is 0.221 e. The Morgan fingerprint density at radius 1 is 1.12 bits per heavy atom. The highest BCUT2D eigenvalue weighted by Crippen LogP contribution is 1.97. The van der Waals surface area contributed by atoms with Gasteiger partial charge in [-0.3, -0.25) is 9.59 Å². The van der Waals surface area contributed by atoms with Gasteiger partial charge in [0.15, 0.2) is 0 Å². The van der Waals surface area contributed by atoms with Gasteiger partial charge in [0.2, 0.25) is 11.8 Å². The summed E-state index contributed by atoms with van der Waals surface area (Å²) in [5, 5.41) is 5.48. The van der Waals surface area contributed by atoms with Gasteiger partial charge in [0.05, 0.1) is 0 Å². The van der Waals surface area contributed by atoms with Gasteiger partial charge in [0, 0.05) is 32.0 Å². The first-order valence-electron chi connectivity index (χ1n) is 6.35. The summed E-state index contributed by atoms with van der Waals surface area (Å²) in [6.07, 6.45) is 3.41. The minimum absolute atomic E-state index is 0.00561. The number of carbonyl (C=O) groups excluding carboxylic acids is 2. The lowest BCUT2D eigenvalue weighted by Gasteiger charge is -2.07. The van der Waals surface area contributed by atoms with Crippen molar-refractivity contribution in [1.82, 2.24) is 10.6 Å². The fourth-order valence-electron chi connectivity index (χ4n) is 1.34. The van der Waals surface area contributed by atoms with Crippen LogP contribution < -0.4 is 16.4 Å². The van der Waals surface area contributed by atoms with Crippen LogP contribution in [0.2, 0.25) is 0 Å². The van der Waals surface area contributed by atoms with E-state index in [1.54, 1.807) is 0 Å². The Bertz CT molecular complexity index is 230. The lowest BCUT2D eigenvalue weighted by molar-refractivity contribution is -0.122. The number of amides is 2. The van der Waals surface area contributed by atoms with Gasteiger partial charge in [0.1, 0.15) is 0 Å². The van der Waals surface area contributed by atoms with Gasteiger partial charge in [-0.15, -0.1) is 0 Å². The van der Waals surface area contributed by atoms with E-state index in [9.17, 15) is 9.59 Å². The SMILES string of the molecule is CCCNC(=O)CCNC(=O)CCCC(C)N. The standard InChI is InChI=1S/C12H25N3O2/c1-3-8-14-12(17)7-9-15-11(16)6-4-5-10(2)13/h10H,3-9,13H2,1-2H3,(H,14,17)(H,15,16). The second-order valence-corrected chi connectivity index (χ2v) is 4.32. The molecule has 0 bridgehead atoms. The minimum atomic E-state index is -0.0114. The molecule has 4 N–H and O–H groups in total. The molecule has 0 rings (SSSR count). The molecule has 0 saturated carbocycles. The van der Waals surface area contributed by atoms with Crippen LogP contribution >= 0.6 is 0 Å². The Labute approximate surface area is 104 Å². The molecule has 1 unspecified atom stereocenters. The Kier molecular flexibility index (Phi) is 9.43. The van der Waals surface area contributed by atoms with Crippen molar-refractivity contribution in [3.05, 3.63) is 0 Å². The molecule has 0 aromatic carbocycles. The van der Waals surface area contributed by atoms with Crippen LogP contribution in [-0.2, 0) is 9.59 Å². The lowest BCUT2D eigenvalue weighted by Crippen LogP contribution is -2.31. The normalized spacial score (nSPS) is 11.9. The molecular formula is C12H25N3O2. The molecule has 0 spiro atoms. The average Bonchev–Trinajstić information content (AvgIpc) is 2.25. The van der Waals surface area contributed by atoms with E-state index in [-0.39, 0.29) is 17.9 Å². The monoisotopic (exact) mass is 243 g/mol. The first kappa shape index (κ1) is 15.9. The van der Waals surface area contributed by atoms with Gasteiger partial charge in [-0.25, -0.2) is 0 Å². The summed E-state index contributed by atoms with van der Waals surface area (Å²) in [6, 6.07) is 0.141. The lowest BCUT2D eigenvalue weighted by atomic mass is 10.1. The van der Waals surface area contributed by atoms with Crippen LogP contribution in [0, 0.1) is 0 Å². The maximum atomic E-state index is 11.3. The summed E-state index contributed by atoms with van der Waals surface area (Å²) in [7, 11) is 0. The van der Waals surface area contributed by atoms with Gasteiger partial charge >= 0.3 is 0 Å². The van der Waals surface area contributed by atoms with Gasteiger partial charge in [0.25, 0.3) is 0 Å². The van der Waals surface area contributed by atoms with Crippen molar-refractivity contribution >= 4 is 11.8 Å². The molecule has 5 nitrogen and oxygen atoms in total. The summed E-state index contributed by atoms with van der Waals surface area (Å²) in [5.41, 5.74) is 5.58. The average molecular weight is 243 g/mol. The largest absolute Gasteiger partial charge is 0.356 e. The highest BCUT2D eigenvalue weighted by Gasteiger charge is 2.04. The Morgan fingerprint density at radius 3 is 2.29 bits per heavy atom. The van der Waals surface area contributed by atoms with Crippen molar-refractivity contribution in [3.8, 4) is 0 Å². The predicted octanol–water partition coefficient (Wildman–Crippen LogP) is 0.536. The maximum absolute atomic E-state index is 11.3. The Balaban J connectivity index is 3.41. The van der Waals surface area contributed by atoms with Crippen molar-refractivity contribution in [2.45, 2.75) is 52.0 Å². The third kappa shape index (κ3) is 11.2. The molecule has 0 aliphatic rings. The Hall–Kier alpha value is -1.10. The zero-order valence-corrected chi connectivity index (χ0v) is 10.9.